The summed E-state index contributed by atoms with van der Waals surface area (Å²) in [7, 11) is 0. The Bertz CT molecular complexity index is 875. The summed E-state index contributed by atoms with van der Waals surface area (Å²) in [5.41, 5.74) is 1.89. The number of ether oxygens (including phenoxy) is 2. The van der Waals surface area contributed by atoms with Gasteiger partial charge < -0.3 is 20.1 Å². The van der Waals surface area contributed by atoms with E-state index in [1.165, 1.54) is 5.56 Å². The number of anilines is 1. The summed E-state index contributed by atoms with van der Waals surface area (Å²) < 4.78 is 11.3. The number of carbonyl (C=O) groups excluding carboxylic acids is 2. The number of benzene rings is 2. The van der Waals surface area contributed by atoms with Crippen LogP contribution >= 0.6 is 0 Å². The first kappa shape index (κ1) is 22.7. The molecule has 1 aliphatic carbocycles. The summed E-state index contributed by atoms with van der Waals surface area (Å²) in [4.78, 5) is 24.1. The molecule has 6 nitrogen and oxygen atoms in total. The van der Waals surface area contributed by atoms with Crippen molar-refractivity contribution < 1.29 is 19.1 Å². The van der Waals surface area contributed by atoms with E-state index in [1.54, 1.807) is 18.2 Å². The van der Waals surface area contributed by atoms with E-state index in [4.69, 9.17) is 9.47 Å². The Morgan fingerprint density at radius 2 is 1.77 bits per heavy atom. The summed E-state index contributed by atoms with van der Waals surface area (Å²) in [6.07, 6.45) is 3.77. The molecule has 31 heavy (non-hydrogen) atoms. The molecule has 2 aromatic rings. The lowest BCUT2D eigenvalue weighted by Crippen LogP contribution is -2.36. The van der Waals surface area contributed by atoms with Gasteiger partial charge in [-0.3, -0.25) is 9.59 Å². The highest BCUT2D eigenvalue weighted by Gasteiger charge is 2.29. The Morgan fingerprint density at radius 3 is 2.45 bits per heavy atom. The quantitative estimate of drug-likeness (QED) is 0.563. The fraction of sp³-hybridized carbons (Fsp3) is 0.440. The molecular formula is C25H32N2O4. The van der Waals surface area contributed by atoms with E-state index in [1.807, 2.05) is 39.0 Å². The second-order valence-corrected chi connectivity index (χ2v) is 8.40. The van der Waals surface area contributed by atoms with Crippen LogP contribution in [0.15, 0.2) is 48.5 Å². The monoisotopic (exact) mass is 424 g/mol. The van der Waals surface area contributed by atoms with E-state index in [0.717, 1.165) is 31.4 Å². The second kappa shape index (κ2) is 10.8. The fourth-order valence-electron chi connectivity index (χ4n) is 3.18. The molecule has 1 aliphatic rings. The zero-order chi connectivity index (χ0) is 22.2. The molecule has 2 amide bonds. The first-order chi connectivity index (χ1) is 14.9. The fourth-order valence-corrected chi connectivity index (χ4v) is 3.18. The number of aryl methyl sites for hydroxylation is 1. The molecule has 1 fully saturated rings. The Labute approximate surface area is 184 Å². The number of nitrogens with one attached hydrogen (secondary N) is 2. The molecule has 1 atom stereocenters. The van der Waals surface area contributed by atoms with Crippen LogP contribution in [0.3, 0.4) is 0 Å². The van der Waals surface area contributed by atoms with Gasteiger partial charge in [-0.1, -0.05) is 18.2 Å². The Balaban J connectivity index is 1.37. The SMILES string of the molecule is CC(CCc1ccc(OC(C)C)cc1)NC(=O)COc1cccc(NC(=O)C2CC2)c1. The third-order valence-corrected chi connectivity index (χ3v) is 4.99. The number of amides is 2. The maximum atomic E-state index is 12.2. The van der Waals surface area contributed by atoms with Crippen LogP contribution in [0, 0.1) is 5.92 Å². The van der Waals surface area contributed by atoms with Crippen LogP contribution in [-0.4, -0.2) is 30.6 Å². The van der Waals surface area contributed by atoms with Crippen molar-refractivity contribution in [1.82, 2.24) is 5.32 Å². The molecule has 0 bridgehead atoms. The minimum atomic E-state index is -0.166. The smallest absolute Gasteiger partial charge is 0.258 e. The third-order valence-electron chi connectivity index (χ3n) is 4.99. The minimum Gasteiger partial charge on any atom is -0.491 e. The van der Waals surface area contributed by atoms with Crippen molar-refractivity contribution in [3.8, 4) is 11.5 Å². The maximum absolute atomic E-state index is 12.2. The molecule has 0 radical (unpaired) electrons. The van der Waals surface area contributed by atoms with Crippen LogP contribution in [0.5, 0.6) is 11.5 Å². The summed E-state index contributed by atoms with van der Waals surface area (Å²) >= 11 is 0. The van der Waals surface area contributed by atoms with Gasteiger partial charge in [0.1, 0.15) is 11.5 Å². The van der Waals surface area contributed by atoms with Crippen LogP contribution in [-0.2, 0) is 16.0 Å². The van der Waals surface area contributed by atoms with Crippen molar-refractivity contribution in [2.24, 2.45) is 5.92 Å². The summed E-state index contributed by atoms with van der Waals surface area (Å²) in [5.74, 6) is 1.45. The minimum absolute atomic E-state index is 0.0341. The van der Waals surface area contributed by atoms with E-state index in [0.29, 0.717) is 11.4 Å². The number of carbonyl (C=O) groups is 2. The third kappa shape index (κ3) is 7.96. The number of rotatable bonds is 11. The average Bonchev–Trinajstić information content (AvgIpc) is 3.57. The highest BCUT2D eigenvalue weighted by molar-refractivity contribution is 5.94. The van der Waals surface area contributed by atoms with Crippen molar-refractivity contribution in [1.29, 1.82) is 0 Å². The van der Waals surface area contributed by atoms with E-state index in [-0.39, 0.29) is 36.5 Å². The van der Waals surface area contributed by atoms with E-state index < -0.39 is 0 Å². The van der Waals surface area contributed by atoms with Gasteiger partial charge in [0.05, 0.1) is 6.10 Å². The lowest BCUT2D eigenvalue weighted by molar-refractivity contribution is -0.123. The van der Waals surface area contributed by atoms with Gasteiger partial charge >= 0.3 is 0 Å². The normalized spacial score (nSPS) is 14.1. The maximum Gasteiger partial charge on any atom is 0.258 e. The molecule has 3 rings (SSSR count). The molecule has 0 saturated heterocycles. The van der Waals surface area contributed by atoms with Crippen LogP contribution in [0.25, 0.3) is 0 Å². The van der Waals surface area contributed by atoms with Gasteiger partial charge in [-0.2, -0.15) is 0 Å². The molecular weight excluding hydrogens is 392 g/mol. The van der Waals surface area contributed by atoms with Gasteiger partial charge in [-0.05, 0) is 76.3 Å². The molecule has 1 saturated carbocycles. The predicted molar refractivity (Wildman–Crippen MR) is 121 cm³/mol. The largest absolute Gasteiger partial charge is 0.491 e. The van der Waals surface area contributed by atoms with Gasteiger partial charge in [0.2, 0.25) is 5.91 Å². The van der Waals surface area contributed by atoms with E-state index in [2.05, 4.69) is 22.8 Å². The molecule has 0 spiro atoms. The standard InChI is InChI=1S/C25H32N2O4/c1-17(2)31-22-13-9-19(10-14-22)8-7-18(3)26-24(28)16-30-23-6-4-5-21(15-23)27-25(29)20-11-12-20/h4-6,9-10,13-15,17-18,20H,7-8,11-12,16H2,1-3H3,(H,26,28)(H,27,29). The van der Waals surface area contributed by atoms with Gasteiger partial charge in [0.15, 0.2) is 6.61 Å². The summed E-state index contributed by atoms with van der Waals surface area (Å²) in [6.45, 7) is 5.94. The molecule has 0 heterocycles. The molecule has 2 aromatic carbocycles. The van der Waals surface area contributed by atoms with Crippen LogP contribution in [0.1, 0.15) is 45.6 Å². The zero-order valence-corrected chi connectivity index (χ0v) is 18.5. The summed E-state index contributed by atoms with van der Waals surface area (Å²) in [5, 5.41) is 5.85. The highest BCUT2D eigenvalue weighted by atomic mass is 16.5. The van der Waals surface area contributed by atoms with Gasteiger partial charge in [-0.25, -0.2) is 0 Å². The van der Waals surface area contributed by atoms with Crippen molar-refractivity contribution in [3.63, 3.8) is 0 Å². The Hall–Kier alpha value is -3.02. The predicted octanol–water partition coefficient (Wildman–Crippen LogP) is 4.34. The molecule has 1 unspecified atom stereocenters. The van der Waals surface area contributed by atoms with Crippen molar-refractivity contribution >= 4 is 17.5 Å². The molecule has 0 aliphatic heterocycles. The van der Waals surface area contributed by atoms with Crippen molar-refractivity contribution in [2.45, 2.75) is 58.6 Å². The topological polar surface area (TPSA) is 76.7 Å². The first-order valence-electron chi connectivity index (χ1n) is 11.0. The van der Waals surface area contributed by atoms with Gasteiger partial charge in [0, 0.05) is 23.7 Å². The van der Waals surface area contributed by atoms with Gasteiger partial charge in [-0.15, -0.1) is 0 Å². The van der Waals surface area contributed by atoms with Gasteiger partial charge in [0.25, 0.3) is 5.91 Å². The molecule has 166 valence electrons. The molecule has 2 N–H and O–H groups in total. The lowest BCUT2D eigenvalue weighted by Gasteiger charge is -2.15. The lowest BCUT2D eigenvalue weighted by atomic mass is 10.1. The Kier molecular flexibility index (Phi) is 7.93. The molecule has 0 aromatic heterocycles. The molecule has 6 heteroatoms. The van der Waals surface area contributed by atoms with Crippen LogP contribution in [0.4, 0.5) is 5.69 Å². The zero-order valence-electron chi connectivity index (χ0n) is 18.5. The summed E-state index contributed by atoms with van der Waals surface area (Å²) in [6, 6.07) is 15.2. The number of hydrogen-bond acceptors (Lipinski definition) is 4. The van der Waals surface area contributed by atoms with Crippen LogP contribution in [0.2, 0.25) is 0 Å². The van der Waals surface area contributed by atoms with Crippen molar-refractivity contribution in [3.05, 3.63) is 54.1 Å². The van der Waals surface area contributed by atoms with Crippen molar-refractivity contribution in [2.75, 3.05) is 11.9 Å². The first-order valence-corrected chi connectivity index (χ1v) is 11.0. The Morgan fingerprint density at radius 1 is 1.03 bits per heavy atom. The number of hydrogen-bond donors (Lipinski definition) is 2. The van der Waals surface area contributed by atoms with E-state index in [9.17, 15) is 9.59 Å². The van der Waals surface area contributed by atoms with Crippen LogP contribution < -0.4 is 20.1 Å². The second-order valence-electron chi connectivity index (χ2n) is 8.40. The average molecular weight is 425 g/mol. The van der Waals surface area contributed by atoms with E-state index >= 15 is 0 Å². The highest BCUT2D eigenvalue weighted by Crippen LogP contribution is 2.30.